The van der Waals surface area contributed by atoms with Gasteiger partial charge in [0.1, 0.15) is 11.6 Å². The maximum Gasteiger partial charge on any atom is 0.225 e. The van der Waals surface area contributed by atoms with Gasteiger partial charge in [-0.15, -0.1) is 11.3 Å². The van der Waals surface area contributed by atoms with Gasteiger partial charge < -0.3 is 9.32 Å². The third-order valence-corrected chi connectivity index (χ3v) is 7.65. The van der Waals surface area contributed by atoms with E-state index in [4.69, 9.17) is 21.0 Å². The molecule has 6 rings (SSSR count). The highest BCUT2D eigenvalue weighted by Gasteiger charge is 2.37. The zero-order valence-corrected chi connectivity index (χ0v) is 22.4. The first-order valence-electron chi connectivity index (χ1n) is 11.8. The largest absolute Gasteiger partial charge is 0.442 e. The summed E-state index contributed by atoms with van der Waals surface area (Å²) in [7, 11) is 0. The van der Waals surface area contributed by atoms with Crippen LogP contribution in [0.3, 0.4) is 0 Å². The van der Waals surface area contributed by atoms with Crippen LogP contribution in [0.25, 0.3) is 5.57 Å². The number of rotatable bonds is 5. The van der Waals surface area contributed by atoms with Gasteiger partial charge in [-0.25, -0.2) is 14.4 Å². The summed E-state index contributed by atoms with van der Waals surface area (Å²) in [4.78, 5) is 16.0. The van der Waals surface area contributed by atoms with Crippen LogP contribution in [0.4, 0.5) is 4.39 Å². The summed E-state index contributed by atoms with van der Waals surface area (Å²) < 4.78 is 21.5. The lowest BCUT2D eigenvalue weighted by atomic mass is 10.1. The number of benzene rings is 1. The molecule has 1 unspecified atom stereocenters. The average Bonchev–Trinajstić information content (AvgIpc) is 3.21. The second kappa shape index (κ2) is 12.2. The topological polar surface area (TPSA) is 66.6 Å². The third-order valence-electron chi connectivity index (χ3n) is 5.37. The smallest absolute Gasteiger partial charge is 0.225 e. The molecule has 1 aliphatic carbocycles. The van der Waals surface area contributed by atoms with Gasteiger partial charge in [-0.3, -0.25) is 9.71 Å². The zero-order chi connectivity index (χ0) is 24.8. The molecule has 35 heavy (non-hydrogen) atoms. The van der Waals surface area contributed by atoms with E-state index < -0.39 is 0 Å². The summed E-state index contributed by atoms with van der Waals surface area (Å²) >= 11 is 8.94. The molecular formula is C25H29ClFN5OS2. The van der Waals surface area contributed by atoms with E-state index in [2.05, 4.69) is 19.6 Å². The van der Waals surface area contributed by atoms with E-state index in [-0.39, 0.29) is 5.82 Å². The molecule has 10 heteroatoms. The van der Waals surface area contributed by atoms with E-state index in [0.717, 1.165) is 40.4 Å². The molecule has 186 valence electrons. The van der Waals surface area contributed by atoms with Gasteiger partial charge in [0, 0.05) is 46.6 Å². The fourth-order valence-electron chi connectivity index (χ4n) is 3.69. The van der Waals surface area contributed by atoms with Gasteiger partial charge >= 0.3 is 0 Å². The molecule has 0 amide bonds. The standard InChI is InChI=1S/C17H19N5OS2.C6H4ClF.C2H6/c1-10-7-20-16(23-10)13-8-19-15(17-18-4-5-24-17)22-9-11(6-14(13)22)21-25-12-2-3-12;7-5-2-1-3-6(8)4-5;1-2/h4-5,7,11-12,21H,2-3,6,8-9H2,1H3;1-4H;1-2H3. The Kier molecular flexibility index (Phi) is 8.99. The third kappa shape index (κ3) is 6.73. The average molecular weight is 534 g/mol. The Hall–Kier alpha value is -2.20. The number of hydrogen-bond acceptors (Lipinski definition) is 8. The van der Waals surface area contributed by atoms with Crippen molar-refractivity contribution in [2.24, 2.45) is 4.99 Å². The number of aryl methyl sites for hydroxylation is 1. The minimum Gasteiger partial charge on any atom is -0.442 e. The predicted molar refractivity (Wildman–Crippen MR) is 143 cm³/mol. The monoisotopic (exact) mass is 533 g/mol. The number of thiazole rings is 1. The summed E-state index contributed by atoms with van der Waals surface area (Å²) in [6.07, 6.45) is 7.27. The number of fused-ring (bicyclic) bond motifs is 1. The lowest BCUT2D eigenvalue weighted by molar-refractivity contribution is 0.502. The van der Waals surface area contributed by atoms with Crippen LogP contribution in [0.2, 0.25) is 5.02 Å². The van der Waals surface area contributed by atoms with Crippen LogP contribution in [-0.4, -0.2) is 45.1 Å². The van der Waals surface area contributed by atoms with Gasteiger partial charge in [0.05, 0.1) is 18.3 Å². The number of nitrogens with zero attached hydrogens (tertiary/aromatic N) is 4. The van der Waals surface area contributed by atoms with E-state index in [0.29, 0.717) is 23.5 Å². The van der Waals surface area contributed by atoms with Crippen molar-refractivity contribution in [3.05, 3.63) is 75.2 Å². The van der Waals surface area contributed by atoms with Crippen molar-refractivity contribution in [1.29, 1.82) is 0 Å². The van der Waals surface area contributed by atoms with Crippen LogP contribution in [0.1, 0.15) is 49.8 Å². The molecule has 0 radical (unpaired) electrons. The zero-order valence-electron chi connectivity index (χ0n) is 20.0. The molecule has 3 aliphatic rings. The Morgan fingerprint density at radius 1 is 1.26 bits per heavy atom. The van der Waals surface area contributed by atoms with Gasteiger partial charge in [-0.1, -0.05) is 43.5 Å². The maximum absolute atomic E-state index is 12.1. The number of hydrogen-bond donors (Lipinski definition) is 1. The first-order chi connectivity index (χ1) is 17.1. The first kappa shape index (κ1) is 25.9. The van der Waals surface area contributed by atoms with E-state index in [9.17, 15) is 4.39 Å². The van der Waals surface area contributed by atoms with E-state index in [1.807, 2.05) is 44.3 Å². The number of amidine groups is 1. The Balaban J connectivity index is 0.000000245. The second-order valence-electron chi connectivity index (χ2n) is 8.07. The van der Waals surface area contributed by atoms with Crippen LogP contribution in [0, 0.1) is 12.7 Å². The minimum atomic E-state index is -0.294. The molecule has 1 atom stereocenters. The second-order valence-corrected chi connectivity index (χ2v) is 10.5. The molecule has 2 fully saturated rings. The normalized spacial score (nSPS) is 18.8. The first-order valence-corrected chi connectivity index (χ1v) is 13.9. The lowest BCUT2D eigenvalue weighted by Crippen LogP contribution is -2.35. The summed E-state index contributed by atoms with van der Waals surface area (Å²) in [6, 6.07) is 6.23. The van der Waals surface area contributed by atoms with Crippen molar-refractivity contribution in [3.8, 4) is 0 Å². The van der Waals surface area contributed by atoms with E-state index >= 15 is 0 Å². The van der Waals surface area contributed by atoms with Crippen LogP contribution in [-0.2, 0) is 0 Å². The van der Waals surface area contributed by atoms with E-state index in [1.165, 1.54) is 30.7 Å². The van der Waals surface area contributed by atoms with Crippen LogP contribution in [0.15, 0.2) is 57.1 Å². The molecule has 0 bridgehead atoms. The van der Waals surface area contributed by atoms with Gasteiger partial charge in [0.2, 0.25) is 5.89 Å². The number of aromatic nitrogens is 2. The van der Waals surface area contributed by atoms with Gasteiger partial charge in [0.15, 0.2) is 10.8 Å². The Bertz CT molecular complexity index is 1160. The number of oxazole rings is 1. The molecule has 1 aromatic carbocycles. The summed E-state index contributed by atoms with van der Waals surface area (Å²) in [5.41, 5.74) is 2.38. The Morgan fingerprint density at radius 3 is 2.69 bits per heavy atom. The molecule has 1 saturated carbocycles. The highest BCUT2D eigenvalue weighted by atomic mass is 35.5. The molecule has 3 aromatic rings. The quantitative estimate of drug-likeness (QED) is 0.373. The summed E-state index contributed by atoms with van der Waals surface area (Å²) in [6.45, 7) is 7.44. The van der Waals surface area contributed by atoms with Gasteiger partial charge in [-0.05, 0) is 38.0 Å². The maximum atomic E-state index is 12.1. The van der Waals surface area contributed by atoms with Crippen molar-refractivity contribution in [1.82, 2.24) is 19.6 Å². The number of nitrogens with one attached hydrogen (secondary N) is 1. The highest BCUT2D eigenvalue weighted by Crippen LogP contribution is 2.37. The van der Waals surface area contributed by atoms with Crippen LogP contribution in [0.5, 0.6) is 0 Å². The minimum absolute atomic E-state index is 0.294. The molecule has 2 aliphatic heterocycles. The highest BCUT2D eigenvalue weighted by molar-refractivity contribution is 7.98. The van der Waals surface area contributed by atoms with Gasteiger partial charge in [-0.2, -0.15) is 0 Å². The van der Waals surface area contributed by atoms with Crippen LogP contribution >= 0.6 is 34.9 Å². The summed E-state index contributed by atoms with van der Waals surface area (Å²) in [5.74, 6) is 2.23. The molecule has 0 spiro atoms. The Morgan fingerprint density at radius 2 is 2.09 bits per heavy atom. The number of aliphatic imine (C=N–C) groups is 1. The summed E-state index contributed by atoms with van der Waals surface area (Å²) in [5, 5.41) is 4.22. The van der Waals surface area contributed by atoms with Crippen molar-refractivity contribution in [2.45, 2.75) is 51.3 Å². The van der Waals surface area contributed by atoms with E-state index in [1.54, 1.807) is 29.7 Å². The van der Waals surface area contributed by atoms with Crippen LogP contribution < -0.4 is 4.72 Å². The van der Waals surface area contributed by atoms with Gasteiger partial charge in [0.25, 0.3) is 0 Å². The molecule has 1 saturated heterocycles. The molecule has 1 N–H and O–H groups in total. The molecule has 4 heterocycles. The van der Waals surface area contributed by atoms with Crippen molar-refractivity contribution in [3.63, 3.8) is 0 Å². The molecular weight excluding hydrogens is 505 g/mol. The molecule has 2 aromatic heterocycles. The predicted octanol–water partition coefficient (Wildman–Crippen LogP) is 6.59. The Labute approximate surface area is 218 Å². The lowest BCUT2D eigenvalue weighted by Gasteiger charge is -2.26. The fraction of sp³-hybridized carbons (Fsp3) is 0.400. The SMILES string of the molecule is CC.Cc1cnc(C2=C3CC(NSC4CC4)CN3C(c3nccs3)=NC2)o1.Fc1cccc(Cl)c1. The van der Waals surface area contributed by atoms with Crippen molar-refractivity contribution in [2.75, 3.05) is 13.1 Å². The van der Waals surface area contributed by atoms with Crippen molar-refractivity contribution < 1.29 is 8.81 Å². The molecule has 6 nitrogen and oxygen atoms in total. The van der Waals surface area contributed by atoms with Crippen molar-refractivity contribution >= 4 is 46.3 Å². The number of halogens is 2. The fourth-order valence-corrected chi connectivity index (χ4v) is 5.43.